The number of rotatable bonds is 3. The van der Waals surface area contributed by atoms with Gasteiger partial charge in [-0.1, -0.05) is 6.42 Å². The molecular weight excluding hydrogens is 289 g/mol. The van der Waals surface area contributed by atoms with Gasteiger partial charge in [-0.2, -0.15) is 4.39 Å². The maximum absolute atomic E-state index is 13.9. The SMILES string of the molecule is COc1c(C2(CN)CCC2)cc(Br)c(O)c1F. The number of halogens is 2. The summed E-state index contributed by atoms with van der Waals surface area (Å²) in [5.74, 6) is -1.04. The maximum atomic E-state index is 13.9. The number of phenols is 1. The number of hydrogen-bond acceptors (Lipinski definition) is 3. The molecule has 0 amide bonds. The van der Waals surface area contributed by atoms with E-state index >= 15 is 0 Å². The van der Waals surface area contributed by atoms with Gasteiger partial charge in [0.25, 0.3) is 0 Å². The van der Waals surface area contributed by atoms with E-state index in [-0.39, 0.29) is 11.2 Å². The van der Waals surface area contributed by atoms with Crippen molar-refractivity contribution in [3.05, 3.63) is 21.9 Å². The number of methoxy groups -OCH3 is 1. The molecule has 0 bridgehead atoms. The molecule has 5 heteroatoms. The van der Waals surface area contributed by atoms with Gasteiger partial charge in [0.05, 0.1) is 11.6 Å². The van der Waals surface area contributed by atoms with Crippen LogP contribution in [-0.4, -0.2) is 18.8 Å². The fourth-order valence-electron chi connectivity index (χ4n) is 2.37. The number of benzene rings is 1. The molecule has 0 spiro atoms. The van der Waals surface area contributed by atoms with Crippen LogP contribution in [0.1, 0.15) is 24.8 Å². The van der Waals surface area contributed by atoms with Gasteiger partial charge in [0, 0.05) is 17.5 Å². The van der Waals surface area contributed by atoms with Gasteiger partial charge in [0.2, 0.25) is 5.82 Å². The van der Waals surface area contributed by atoms with Crippen LogP contribution in [-0.2, 0) is 5.41 Å². The average molecular weight is 304 g/mol. The molecule has 17 heavy (non-hydrogen) atoms. The van der Waals surface area contributed by atoms with E-state index in [9.17, 15) is 9.50 Å². The van der Waals surface area contributed by atoms with Crippen LogP contribution in [0.3, 0.4) is 0 Å². The van der Waals surface area contributed by atoms with Crippen molar-refractivity contribution >= 4 is 15.9 Å². The second kappa shape index (κ2) is 4.46. The lowest BCUT2D eigenvalue weighted by Gasteiger charge is -2.42. The maximum Gasteiger partial charge on any atom is 0.208 e. The molecule has 1 saturated carbocycles. The largest absolute Gasteiger partial charge is 0.504 e. The monoisotopic (exact) mass is 303 g/mol. The molecule has 0 heterocycles. The van der Waals surface area contributed by atoms with Crippen molar-refractivity contribution < 1.29 is 14.2 Å². The third-order valence-corrected chi connectivity index (χ3v) is 4.23. The Kier molecular flexibility index (Phi) is 3.32. The molecule has 0 aromatic heterocycles. The topological polar surface area (TPSA) is 55.5 Å². The van der Waals surface area contributed by atoms with Crippen LogP contribution in [0.2, 0.25) is 0 Å². The van der Waals surface area contributed by atoms with Crippen LogP contribution in [0, 0.1) is 5.82 Å². The van der Waals surface area contributed by atoms with Crippen molar-refractivity contribution in [1.29, 1.82) is 0 Å². The molecule has 94 valence electrons. The van der Waals surface area contributed by atoms with Gasteiger partial charge < -0.3 is 15.6 Å². The van der Waals surface area contributed by atoms with Crippen LogP contribution >= 0.6 is 15.9 Å². The first-order valence-corrected chi connectivity index (χ1v) is 6.30. The molecule has 3 nitrogen and oxygen atoms in total. The summed E-state index contributed by atoms with van der Waals surface area (Å²) >= 11 is 3.15. The summed E-state index contributed by atoms with van der Waals surface area (Å²) < 4.78 is 19.3. The third-order valence-electron chi connectivity index (χ3n) is 3.63. The smallest absolute Gasteiger partial charge is 0.208 e. The first-order valence-electron chi connectivity index (χ1n) is 5.51. The Morgan fingerprint density at radius 2 is 2.24 bits per heavy atom. The number of hydrogen-bond donors (Lipinski definition) is 2. The van der Waals surface area contributed by atoms with Crippen molar-refractivity contribution in [2.24, 2.45) is 5.73 Å². The van der Waals surface area contributed by atoms with E-state index in [1.54, 1.807) is 6.07 Å². The molecule has 0 aliphatic heterocycles. The molecule has 0 saturated heterocycles. The zero-order valence-electron chi connectivity index (χ0n) is 9.59. The summed E-state index contributed by atoms with van der Waals surface area (Å²) in [5.41, 5.74) is 6.35. The number of ether oxygens (including phenoxy) is 1. The Morgan fingerprint density at radius 3 is 2.65 bits per heavy atom. The standard InChI is InChI=1S/C12H15BrFNO2/c1-17-11-7(12(6-15)3-2-4-12)5-8(13)10(16)9(11)14/h5,16H,2-4,6,15H2,1H3. The summed E-state index contributed by atoms with van der Waals surface area (Å²) in [4.78, 5) is 0. The lowest BCUT2D eigenvalue weighted by molar-refractivity contribution is 0.239. The highest BCUT2D eigenvalue weighted by Crippen LogP contribution is 2.49. The van der Waals surface area contributed by atoms with E-state index in [1.165, 1.54) is 7.11 Å². The van der Waals surface area contributed by atoms with Gasteiger partial charge in [0.1, 0.15) is 0 Å². The van der Waals surface area contributed by atoms with E-state index < -0.39 is 11.6 Å². The van der Waals surface area contributed by atoms with Crippen LogP contribution < -0.4 is 10.5 Å². The second-order valence-corrected chi connectivity index (χ2v) is 5.29. The van der Waals surface area contributed by atoms with Gasteiger partial charge in [-0.05, 0) is 34.8 Å². The van der Waals surface area contributed by atoms with Crippen molar-refractivity contribution in [3.63, 3.8) is 0 Å². The number of phenolic OH excluding ortho intramolecular Hbond substituents is 1. The minimum atomic E-state index is -0.725. The van der Waals surface area contributed by atoms with E-state index in [1.807, 2.05) is 0 Å². The quantitative estimate of drug-likeness (QED) is 0.902. The molecule has 1 fully saturated rings. The second-order valence-electron chi connectivity index (χ2n) is 4.44. The summed E-state index contributed by atoms with van der Waals surface area (Å²) in [6.07, 6.45) is 2.94. The average Bonchev–Trinajstić information content (AvgIpc) is 2.26. The van der Waals surface area contributed by atoms with E-state index in [0.29, 0.717) is 11.0 Å². The van der Waals surface area contributed by atoms with Crippen LogP contribution in [0.5, 0.6) is 11.5 Å². The van der Waals surface area contributed by atoms with Crippen LogP contribution in [0.4, 0.5) is 4.39 Å². The van der Waals surface area contributed by atoms with Gasteiger partial charge in [-0.3, -0.25) is 0 Å². The lowest BCUT2D eigenvalue weighted by Crippen LogP contribution is -2.42. The Bertz CT molecular complexity index is 441. The Morgan fingerprint density at radius 1 is 1.59 bits per heavy atom. The molecule has 3 N–H and O–H groups in total. The highest BCUT2D eigenvalue weighted by Gasteiger charge is 2.41. The van der Waals surface area contributed by atoms with E-state index in [4.69, 9.17) is 10.5 Å². The fourth-order valence-corrected chi connectivity index (χ4v) is 2.77. The Hall–Kier alpha value is -0.810. The molecule has 0 atom stereocenters. The lowest BCUT2D eigenvalue weighted by atomic mass is 9.64. The van der Waals surface area contributed by atoms with Crippen LogP contribution in [0.15, 0.2) is 10.5 Å². The molecule has 2 rings (SSSR count). The molecule has 1 aromatic carbocycles. The van der Waals surface area contributed by atoms with E-state index in [2.05, 4.69) is 15.9 Å². The van der Waals surface area contributed by atoms with Gasteiger partial charge in [-0.15, -0.1) is 0 Å². The minimum absolute atomic E-state index is 0.107. The summed E-state index contributed by atoms with van der Waals surface area (Å²) in [6.45, 7) is 0.458. The fraction of sp³-hybridized carbons (Fsp3) is 0.500. The van der Waals surface area contributed by atoms with Crippen molar-refractivity contribution in [2.75, 3.05) is 13.7 Å². The van der Waals surface area contributed by atoms with Crippen LogP contribution in [0.25, 0.3) is 0 Å². The van der Waals surface area contributed by atoms with Gasteiger partial charge >= 0.3 is 0 Å². The summed E-state index contributed by atoms with van der Waals surface area (Å²) in [6, 6.07) is 1.71. The molecule has 1 aromatic rings. The Labute approximate surface area is 108 Å². The molecular formula is C12H15BrFNO2. The predicted octanol–water partition coefficient (Wildman–Crippen LogP) is 2.68. The molecule has 1 aliphatic carbocycles. The van der Waals surface area contributed by atoms with Gasteiger partial charge in [0.15, 0.2) is 11.5 Å². The Balaban J connectivity index is 2.60. The van der Waals surface area contributed by atoms with E-state index in [0.717, 1.165) is 24.8 Å². The minimum Gasteiger partial charge on any atom is -0.504 e. The molecule has 0 unspecified atom stereocenters. The molecule has 1 aliphatic rings. The zero-order chi connectivity index (χ0) is 12.6. The van der Waals surface area contributed by atoms with Gasteiger partial charge in [-0.25, -0.2) is 0 Å². The first-order chi connectivity index (χ1) is 8.05. The normalized spacial score (nSPS) is 17.6. The number of aromatic hydroxyl groups is 1. The third kappa shape index (κ3) is 1.81. The predicted molar refractivity (Wildman–Crippen MR) is 66.9 cm³/mol. The zero-order valence-corrected chi connectivity index (χ0v) is 11.2. The first kappa shape index (κ1) is 12.6. The van der Waals surface area contributed by atoms with Crippen molar-refractivity contribution in [1.82, 2.24) is 0 Å². The summed E-state index contributed by atoms with van der Waals surface area (Å²) in [5, 5.41) is 9.54. The highest BCUT2D eigenvalue weighted by atomic mass is 79.9. The van der Waals surface area contributed by atoms with Crippen molar-refractivity contribution in [2.45, 2.75) is 24.7 Å². The highest BCUT2D eigenvalue weighted by molar-refractivity contribution is 9.10. The summed E-state index contributed by atoms with van der Waals surface area (Å²) in [7, 11) is 1.40. The number of nitrogens with two attached hydrogens (primary N) is 1. The molecule has 0 radical (unpaired) electrons. The van der Waals surface area contributed by atoms with Crippen molar-refractivity contribution in [3.8, 4) is 11.5 Å².